The number of hydrogen-bond acceptors (Lipinski definition) is 3. The van der Waals surface area contributed by atoms with E-state index in [2.05, 4.69) is 222 Å². The van der Waals surface area contributed by atoms with E-state index in [4.69, 9.17) is 4.74 Å². The Morgan fingerprint density at radius 3 is 1.23 bits per heavy atom. The fourth-order valence-corrected chi connectivity index (χ4v) is 7.79. The molecule has 0 atom stereocenters. The molecule has 1 aliphatic heterocycles. The lowest BCUT2D eigenvalue weighted by molar-refractivity contribution is 0.477. The minimum atomic E-state index is 0.827. The Labute approximate surface area is 334 Å². The van der Waals surface area contributed by atoms with Gasteiger partial charge in [0, 0.05) is 22.7 Å². The van der Waals surface area contributed by atoms with Gasteiger partial charge in [0.1, 0.15) is 0 Å². The van der Waals surface area contributed by atoms with Crippen LogP contribution in [0.3, 0.4) is 0 Å². The standard InChI is InChI=1S/C54H38N2O/c1-4-13-39(14-5-1)41-23-30-48(31-24-41)55(49-32-25-42(26-33-49)45-18-12-17-44(37-45)40-15-6-2-7-16-40)50-34-27-43(28-35-50)46-29-36-52-54(38-46)57-53-22-11-10-21-51(53)56(52)47-19-8-3-9-20-47/h1-38H. The van der Waals surface area contributed by atoms with Gasteiger partial charge in [-0.1, -0.05) is 152 Å². The molecule has 0 N–H and O–H groups in total. The lowest BCUT2D eigenvalue weighted by Crippen LogP contribution is -2.15. The lowest BCUT2D eigenvalue weighted by Gasteiger charge is -2.33. The second kappa shape index (κ2) is 14.9. The summed E-state index contributed by atoms with van der Waals surface area (Å²) >= 11 is 0. The Morgan fingerprint density at radius 1 is 0.281 bits per heavy atom. The number of rotatable bonds is 8. The smallest absolute Gasteiger partial charge is 0.152 e. The van der Waals surface area contributed by atoms with Crippen LogP contribution in [-0.4, -0.2) is 0 Å². The van der Waals surface area contributed by atoms with Crippen LogP contribution in [0.1, 0.15) is 0 Å². The van der Waals surface area contributed by atoms with Crippen LogP contribution in [0, 0.1) is 0 Å². The van der Waals surface area contributed by atoms with Crippen molar-refractivity contribution in [2.24, 2.45) is 0 Å². The third-order valence-electron chi connectivity index (χ3n) is 10.7. The number of fused-ring (bicyclic) bond motifs is 2. The maximum atomic E-state index is 6.53. The number of para-hydroxylation sites is 3. The molecular formula is C54H38N2O. The summed E-state index contributed by atoms with van der Waals surface area (Å²) in [7, 11) is 0. The Morgan fingerprint density at radius 2 is 0.667 bits per heavy atom. The molecule has 1 heterocycles. The van der Waals surface area contributed by atoms with Gasteiger partial charge in [-0.05, 0) is 123 Å². The minimum absolute atomic E-state index is 0.827. The molecule has 3 heteroatoms. The summed E-state index contributed by atoms with van der Waals surface area (Å²) in [5.41, 5.74) is 15.8. The molecule has 0 aliphatic carbocycles. The molecule has 0 aromatic heterocycles. The quantitative estimate of drug-likeness (QED) is 0.155. The number of benzene rings is 9. The SMILES string of the molecule is c1ccc(-c2ccc(N(c3ccc(-c4cccc(-c5ccccc5)c4)cc3)c3ccc(-c4ccc5c(c4)Oc4ccccc4N5c4ccccc4)cc3)cc2)cc1. The fourth-order valence-electron chi connectivity index (χ4n) is 7.79. The first kappa shape index (κ1) is 33.9. The summed E-state index contributed by atoms with van der Waals surface area (Å²) in [5.74, 6) is 1.67. The maximum Gasteiger partial charge on any atom is 0.152 e. The zero-order chi connectivity index (χ0) is 38.0. The van der Waals surface area contributed by atoms with E-state index in [-0.39, 0.29) is 0 Å². The molecule has 0 saturated heterocycles. The zero-order valence-corrected chi connectivity index (χ0v) is 31.2. The Kier molecular flexibility index (Phi) is 8.86. The van der Waals surface area contributed by atoms with Gasteiger partial charge in [0.05, 0.1) is 11.4 Å². The van der Waals surface area contributed by atoms with Crippen LogP contribution in [0.5, 0.6) is 11.5 Å². The normalized spacial score (nSPS) is 11.6. The highest BCUT2D eigenvalue weighted by atomic mass is 16.5. The third-order valence-corrected chi connectivity index (χ3v) is 10.7. The van der Waals surface area contributed by atoms with Crippen molar-refractivity contribution in [1.82, 2.24) is 0 Å². The van der Waals surface area contributed by atoms with Crippen molar-refractivity contribution in [2.75, 3.05) is 9.80 Å². The summed E-state index contributed by atoms with van der Waals surface area (Å²) in [6.45, 7) is 0. The van der Waals surface area contributed by atoms with E-state index in [1.54, 1.807) is 0 Å². The molecule has 0 fully saturated rings. The summed E-state index contributed by atoms with van der Waals surface area (Å²) < 4.78 is 6.53. The fraction of sp³-hybridized carbons (Fsp3) is 0. The first-order valence-electron chi connectivity index (χ1n) is 19.3. The zero-order valence-electron chi connectivity index (χ0n) is 31.2. The maximum absolute atomic E-state index is 6.53. The van der Waals surface area contributed by atoms with Crippen molar-refractivity contribution in [3.8, 4) is 56.0 Å². The Balaban J connectivity index is 0.991. The second-order valence-corrected chi connectivity index (χ2v) is 14.2. The summed E-state index contributed by atoms with van der Waals surface area (Å²) in [6.07, 6.45) is 0. The summed E-state index contributed by atoms with van der Waals surface area (Å²) in [6, 6.07) is 81.6. The molecule has 0 saturated carbocycles. The molecular weight excluding hydrogens is 693 g/mol. The topological polar surface area (TPSA) is 15.7 Å². The van der Waals surface area contributed by atoms with Gasteiger partial charge in [0.2, 0.25) is 0 Å². The van der Waals surface area contributed by atoms with E-state index in [1.165, 1.54) is 33.4 Å². The highest BCUT2D eigenvalue weighted by molar-refractivity contribution is 5.88. The minimum Gasteiger partial charge on any atom is -0.453 e. The van der Waals surface area contributed by atoms with Crippen LogP contribution in [0.2, 0.25) is 0 Å². The van der Waals surface area contributed by atoms with E-state index in [0.29, 0.717) is 0 Å². The Bertz CT molecular complexity index is 2780. The van der Waals surface area contributed by atoms with Crippen LogP contribution in [-0.2, 0) is 0 Å². The van der Waals surface area contributed by atoms with Gasteiger partial charge in [-0.25, -0.2) is 0 Å². The molecule has 1 aliphatic rings. The van der Waals surface area contributed by atoms with Gasteiger partial charge in [0.25, 0.3) is 0 Å². The Hall–Kier alpha value is -7.62. The molecule has 3 nitrogen and oxygen atoms in total. The van der Waals surface area contributed by atoms with Gasteiger partial charge in [-0.15, -0.1) is 0 Å². The highest BCUT2D eigenvalue weighted by Gasteiger charge is 2.26. The van der Waals surface area contributed by atoms with Crippen LogP contribution < -0.4 is 14.5 Å². The predicted molar refractivity (Wildman–Crippen MR) is 238 cm³/mol. The average molecular weight is 731 g/mol. The molecule has 0 bridgehead atoms. The van der Waals surface area contributed by atoms with E-state index >= 15 is 0 Å². The lowest BCUT2D eigenvalue weighted by atomic mass is 9.98. The van der Waals surface area contributed by atoms with Gasteiger partial charge >= 0.3 is 0 Å². The molecule has 0 unspecified atom stereocenters. The van der Waals surface area contributed by atoms with Crippen LogP contribution >= 0.6 is 0 Å². The van der Waals surface area contributed by atoms with Gasteiger partial charge in [-0.3, -0.25) is 0 Å². The van der Waals surface area contributed by atoms with Crippen molar-refractivity contribution in [2.45, 2.75) is 0 Å². The molecule has 0 radical (unpaired) electrons. The molecule has 0 amide bonds. The van der Waals surface area contributed by atoms with Crippen LogP contribution in [0.4, 0.5) is 34.1 Å². The summed E-state index contributed by atoms with van der Waals surface area (Å²) in [5, 5.41) is 0. The molecule has 9 aromatic rings. The van der Waals surface area contributed by atoms with Crippen molar-refractivity contribution in [1.29, 1.82) is 0 Å². The van der Waals surface area contributed by atoms with Crippen LogP contribution in [0.25, 0.3) is 44.5 Å². The van der Waals surface area contributed by atoms with Gasteiger partial charge in [-0.2, -0.15) is 0 Å². The first-order valence-corrected chi connectivity index (χ1v) is 19.3. The highest BCUT2D eigenvalue weighted by Crippen LogP contribution is 2.51. The number of ether oxygens (including phenoxy) is 1. The van der Waals surface area contributed by atoms with Gasteiger partial charge < -0.3 is 14.5 Å². The largest absolute Gasteiger partial charge is 0.453 e. The first-order chi connectivity index (χ1) is 28.2. The van der Waals surface area contributed by atoms with Crippen molar-refractivity contribution in [3.63, 3.8) is 0 Å². The number of anilines is 6. The number of nitrogens with zero attached hydrogens (tertiary/aromatic N) is 2. The second-order valence-electron chi connectivity index (χ2n) is 14.2. The van der Waals surface area contributed by atoms with Crippen molar-refractivity contribution >= 4 is 34.1 Å². The van der Waals surface area contributed by atoms with Crippen molar-refractivity contribution < 1.29 is 4.74 Å². The molecule has 0 spiro atoms. The van der Waals surface area contributed by atoms with E-state index in [0.717, 1.165) is 56.8 Å². The van der Waals surface area contributed by atoms with Gasteiger partial charge in [0.15, 0.2) is 11.5 Å². The van der Waals surface area contributed by atoms with Crippen molar-refractivity contribution in [3.05, 3.63) is 231 Å². The van der Waals surface area contributed by atoms with Crippen LogP contribution in [0.15, 0.2) is 231 Å². The molecule has 57 heavy (non-hydrogen) atoms. The van der Waals surface area contributed by atoms with E-state index < -0.39 is 0 Å². The average Bonchev–Trinajstić information content (AvgIpc) is 3.30. The molecule has 9 aromatic carbocycles. The monoisotopic (exact) mass is 730 g/mol. The predicted octanol–water partition coefficient (Wildman–Crippen LogP) is 15.4. The molecule has 270 valence electrons. The van der Waals surface area contributed by atoms with E-state index in [1.807, 2.05) is 18.2 Å². The van der Waals surface area contributed by atoms with E-state index in [9.17, 15) is 0 Å². The molecule has 10 rings (SSSR count). The third kappa shape index (κ3) is 6.73. The summed E-state index contributed by atoms with van der Waals surface area (Å²) in [4.78, 5) is 4.60. The number of hydrogen-bond donors (Lipinski definition) is 0.